The van der Waals surface area contributed by atoms with Crippen LogP contribution >= 0.6 is 0 Å². The Bertz CT molecular complexity index is 8540. The van der Waals surface area contributed by atoms with Crippen LogP contribution in [0.3, 0.4) is 0 Å². The van der Waals surface area contributed by atoms with Crippen molar-refractivity contribution >= 4 is 60.3 Å². The van der Waals surface area contributed by atoms with E-state index in [0.29, 0.717) is 0 Å². The SMILES string of the molecule is C1=C(C2=CCc3ccccc32)Cc2ccccc21.C1=C(c2ccc(-c3ccc4c(c3)-c3c(ccc5ccccc35)C4)c3ccccc23)c2ccccc2C1.c1ccc2c(c1)Cc1c-2c2ccccc2c2ccccc12.c1ccc2c(c1)Cc1c-2ccc2c1-c1ccccc1C2.c1ccc2c(c1)Cc1c-2ccc2c1Cc1ccccc1-2.c1ccc2c(c1)Cc1cc3c(cc1-2)-c1ccccc1C3. The molecule has 135 heavy (non-hydrogen) atoms. The maximum Gasteiger partial charge on any atom is -0.000705 e. The van der Waals surface area contributed by atoms with E-state index >= 15 is 0 Å². The molecule has 0 spiro atoms. The molecule has 0 unspecified atom stereocenters. The standard InChI is InChI=1S/C36H24.C21H14.3C20H14.C18H14/c1-3-9-28-23(7-1)17-18-33(28)34-20-19-29(31-11-5-6-12-32(31)34)26-15-14-25-21-27-16-13-24-8-2-4-10-30(24)36(27)35(25)22-26;1-2-8-15-14(7-1)13-20-18-11-4-3-9-16(18)17-10-5-6-12-19(17)21(15)20;1-3-7-16-14(6-1)12-19-18(16)10-9-15-11-13-5-2-4-8-17(13)20(15)19;1-3-7-17-13(5-1)9-15-11-16-10-14-6-2-4-8-18(14)20(16)12-19(15)17;1-3-7-15-13(5-1)11-19-17(15)9-10-18-16-8-4-2-6-14(16)12-20(18)19;1-2-7-15-12-16(11-14(15)6-1)18-10-9-13-5-3-4-8-17(13)18/h1-16,18-20,22H,17,21H2;1-12H,13H2;1-10H,11-12H2;1-8,11-12H,9-10H2;1-10H,11-12H2;1-8,10-11H,9,12H2. The Morgan fingerprint density at radius 2 is 0.511 bits per heavy atom. The Morgan fingerprint density at radius 1 is 0.148 bits per heavy atom. The van der Waals surface area contributed by atoms with Gasteiger partial charge in [-0.25, -0.2) is 0 Å². The Hall–Kier alpha value is -16.1. The summed E-state index contributed by atoms with van der Waals surface area (Å²) in [4.78, 5) is 0. The van der Waals surface area contributed by atoms with Gasteiger partial charge in [-0.15, -0.1) is 0 Å². The molecule has 21 aromatic carbocycles. The molecule has 32 rings (SSSR count). The van der Waals surface area contributed by atoms with E-state index in [9.17, 15) is 0 Å². The number of rotatable bonds is 3. The molecule has 0 saturated heterocycles. The summed E-state index contributed by atoms with van der Waals surface area (Å²) in [5, 5.41) is 10.8. The van der Waals surface area contributed by atoms with Crippen LogP contribution in [0.5, 0.6) is 0 Å². The van der Waals surface area contributed by atoms with Crippen molar-refractivity contribution in [2.75, 3.05) is 0 Å². The van der Waals surface area contributed by atoms with Gasteiger partial charge in [0.1, 0.15) is 0 Å². The fourth-order valence-corrected chi connectivity index (χ4v) is 24.8. The van der Waals surface area contributed by atoms with E-state index in [2.05, 4.69) is 437 Å². The molecule has 0 heteroatoms. The summed E-state index contributed by atoms with van der Waals surface area (Å²) in [5.41, 5.74) is 63.5. The van der Waals surface area contributed by atoms with Crippen molar-refractivity contribution in [3.8, 4) is 100 Å². The van der Waals surface area contributed by atoms with Crippen LogP contribution in [-0.2, 0) is 70.6 Å². The van der Waals surface area contributed by atoms with Crippen LogP contribution in [0, 0.1) is 0 Å². The Morgan fingerprint density at radius 3 is 1.10 bits per heavy atom. The average Bonchev–Trinajstić information content (AvgIpc) is 1.65. The van der Waals surface area contributed by atoms with Crippen molar-refractivity contribution in [3.05, 3.63) is 564 Å². The highest BCUT2D eigenvalue weighted by Crippen LogP contribution is 2.54. The van der Waals surface area contributed by atoms with Crippen LogP contribution in [0.15, 0.2) is 436 Å². The van der Waals surface area contributed by atoms with E-state index in [-0.39, 0.29) is 0 Å². The highest BCUT2D eigenvalue weighted by molar-refractivity contribution is 6.18. The molecule has 0 bridgehead atoms. The van der Waals surface area contributed by atoms with Crippen LogP contribution < -0.4 is 0 Å². The van der Waals surface area contributed by atoms with E-state index in [4.69, 9.17) is 0 Å². The second kappa shape index (κ2) is 32.4. The van der Waals surface area contributed by atoms with E-state index in [0.717, 1.165) is 70.6 Å². The first-order valence-corrected chi connectivity index (χ1v) is 48.4. The third kappa shape index (κ3) is 13.3. The molecule has 0 fully saturated rings. The Labute approximate surface area is 789 Å². The van der Waals surface area contributed by atoms with Gasteiger partial charge in [0.05, 0.1) is 0 Å². The zero-order valence-corrected chi connectivity index (χ0v) is 75.3. The molecular formula is C135H94. The number of benzene rings is 21. The van der Waals surface area contributed by atoms with Crippen molar-refractivity contribution < 1.29 is 0 Å². The third-order valence-electron chi connectivity index (χ3n) is 31.0. The van der Waals surface area contributed by atoms with Gasteiger partial charge in [-0.05, 0) is 371 Å². The van der Waals surface area contributed by atoms with E-state index < -0.39 is 0 Å². The maximum atomic E-state index is 2.44. The molecule has 21 aromatic rings. The molecule has 0 aromatic heterocycles. The van der Waals surface area contributed by atoms with Crippen LogP contribution in [0.1, 0.15) is 128 Å². The van der Waals surface area contributed by atoms with Crippen molar-refractivity contribution in [2.24, 2.45) is 0 Å². The van der Waals surface area contributed by atoms with Gasteiger partial charge in [-0.3, -0.25) is 0 Å². The predicted octanol–water partition coefficient (Wildman–Crippen LogP) is 33.5. The van der Waals surface area contributed by atoms with Gasteiger partial charge in [0.15, 0.2) is 0 Å². The van der Waals surface area contributed by atoms with Gasteiger partial charge in [0.25, 0.3) is 0 Å². The lowest BCUT2D eigenvalue weighted by Crippen LogP contribution is -1.91. The number of hydrogen-bond acceptors (Lipinski definition) is 0. The molecule has 0 nitrogen and oxygen atoms in total. The van der Waals surface area contributed by atoms with Crippen LogP contribution in [-0.4, -0.2) is 0 Å². The van der Waals surface area contributed by atoms with Crippen molar-refractivity contribution in [3.63, 3.8) is 0 Å². The minimum absolute atomic E-state index is 1.01. The first kappa shape index (κ1) is 78.7. The first-order valence-electron chi connectivity index (χ1n) is 48.4. The molecule has 11 aliphatic carbocycles. The van der Waals surface area contributed by atoms with E-state index in [1.807, 2.05) is 0 Å². The molecule has 0 radical (unpaired) electrons. The zero-order valence-electron chi connectivity index (χ0n) is 75.3. The first-order chi connectivity index (χ1) is 66.9. The molecular weight excluding hydrogens is 1620 g/mol. The average molecular weight is 1720 g/mol. The number of fused-ring (bicyclic) bond motifs is 37. The summed E-state index contributed by atoms with van der Waals surface area (Å²) in [5.74, 6) is 0. The minimum Gasteiger partial charge on any atom is -0.0719 e. The third-order valence-corrected chi connectivity index (χ3v) is 31.0. The highest BCUT2D eigenvalue weighted by atomic mass is 14.4. The van der Waals surface area contributed by atoms with Gasteiger partial charge in [0.2, 0.25) is 0 Å². The second-order valence-corrected chi connectivity index (χ2v) is 38.3. The second-order valence-electron chi connectivity index (χ2n) is 38.3. The lowest BCUT2D eigenvalue weighted by molar-refractivity contribution is 1.16. The van der Waals surface area contributed by atoms with Crippen molar-refractivity contribution in [1.29, 1.82) is 0 Å². The lowest BCUT2D eigenvalue weighted by Gasteiger charge is -2.15. The highest BCUT2D eigenvalue weighted by Gasteiger charge is 2.33. The summed E-state index contributed by atoms with van der Waals surface area (Å²) < 4.78 is 0. The van der Waals surface area contributed by atoms with Gasteiger partial charge in [-0.2, -0.15) is 0 Å². The smallest absolute Gasteiger partial charge is 0.000705 e. The van der Waals surface area contributed by atoms with E-state index in [1.54, 1.807) is 11.1 Å². The molecule has 634 valence electrons. The molecule has 0 aliphatic heterocycles. The quantitative estimate of drug-likeness (QED) is 0.155. The van der Waals surface area contributed by atoms with Gasteiger partial charge in [0, 0.05) is 0 Å². The Balaban J connectivity index is 0.0000000839. The fraction of sp³-hybridized carbons (Fsp3) is 0.0815. The van der Waals surface area contributed by atoms with Gasteiger partial charge >= 0.3 is 0 Å². The van der Waals surface area contributed by atoms with Crippen molar-refractivity contribution in [1.82, 2.24) is 0 Å². The molecule has 11 aliphatic rings. The molecule has 0 saturated carbocycles. The minimum atomic E-state index is 1.01. The zero-order chi connectivity index (χ0) is 88.7. The molecule has 0 atom stereocenters. The topological polar surface area (TPSA) is 0 Å². The largest absolute Gasteiger partial charge is 0.0719 e. The monoisotopic (exact) mass is 1710 g/mol. The Kier molecular flexibility index (Phi) is 18.9. The number of allylic oxidation sites excluding steroid dienone is 4. The van der Waals surface area contributed by atoms with Crippen molar-refractivity contribution in [2.45, 2.75) is 70.6 Å². The summed E-state index contributed by atoms with van der Waals surface area (Å²) in [6, 6.07) is 154. The molecule has 0 amide bonds. The summed E-state index contributed by atoms with van der Waals surface area (Å²) in [6.45, 7) is 0. The van der Waals surface area contributed by atoms with Gasteiger partial charge in [-0.1, -0.05) is 425 Å². The summed E-state index contributed by atoms with van der Waals surface area (Å²) >= 11 is 0. The summed E-state index contributed by atoms with van der Waals surface area (Å²) in [6.07, 6.45) is 18.9. The summed E-state index contributed by atoms with van der Waals surface area (Å²) in [7, 11) is 0. The lowest BCUT2D eigenvalue weighted by atomic mass is 9.89. The van der Waals surface area contributed by atoms with Gasteiger partial charge < -0.3 is 0 Å². The van der Waals surface area contributed by atoms with E-state index in [1.165, 1.54) is 277 Å². The number of hydrogen-bond donors (Lipinski definition) is 0. The molecule has 0 heterocycles. The van der Waals surface area contributed by atoms with Crippen LogP contribution in [0.4, 0.5) is 0 Å². The fourth-order valence-electron chi connectivity index (χ4n) is 24.8. The maximum absolute atomic E-state index is 2.44. The normalized spacial score (nSPS) is 13.7. The van der Waals surface area contributed by atoms with Crippen LogP contribution in [0.2, 0.25) is 0 Å². The predicted molar refractivity (Wildman–Crippen MR) is 567 cm³/mol. The molecule has 0 N–H and O–H groups in total. The van der Waals surface area contributed by atoms with Crippen LogP contribution in [0.25, 0.3) is 160 Å².